The Morgan fingerprint density at radius 2 is 1.91 bits per heavy atom. The number of amides is 3. The molecule has 0 radical (unpaired) electrons. The zero-order valence-electron chi connectivity index (χ0n) is 17.7. The quantitative estimate of drug-likeness (QED) is 0.525. The molecule has 172 valence electrons. The number of ether oxygens (including phenoxy) is 1. The van der Waals surface area contributed by atoms with Crippen molar-refractivity contribution in [2.24, 2.45) is 0 Å². The fraction of sp³-hybridized carbons (Fsp3) is 0.273. The molecule has 1 fully saturated rings. The van der Waals surface area contributed by atoms with Gasteiger partial charge in [-0.25, -0.2) is 9.18 Å². The molecule has 3 amide bonds. The second kappa shape index (κ2) is 10.1. The summed E-state index contributed by atoms with van der Waals surface area (Å²) >= 11 is 7.01. The minimum atomic E-state index is -0.546. The predicted octanol–water partition coefficient (Wildman–Crippen LogP) is 5.00. The van der Waals surface area contributed by atoms with E-state index in [0.717, 1.165) is 12.8 Å². The highest BCUT2D eigenvalue weighted by Crippen LogP contribution is 2.30. The lowest BCUT2D eigenvalue weighted by Crippen LogP contribution is -2.41. The zero-order valence-corrected chi connectivity index (χ0v) is 19.3. The average Bonchev–Trinajstić information content (AvgIpc) is 3.33. The third-order valence-corrected chi connectivity index (χ3v) is 6.59. The normalized spacial score (nSPS) is 15.7. The van der Waals surface area contributed by atoms with Gasteiger partial charge in [0.05, 0.1) is 12.1 Å². The average molecular weight is 490 g/mol. The topological polar surface area (TPSA) is 96.4 Å². The minimum Gasteiger partial charge on any atom is -0.497 e. The van der Waals surface area contributed by atoms with Gasteiger partial charge in [-0.15, -0.1) is 10.2 Å². The van der Waals surface area contributed by atoms with E-state index in [-0.39, 0.29) is 27.9 Å². The van der Waals surface area contributed by atoms with E-state index in [0.29, 0.717) is 35.2 Å². The summed E-state index contributed by atoms with van der Waals surface area (Å²) in [5.41, 5.74) is 1.04. The zero-order chi connectivity index (χ0) is 23.4. The van der Waals surface area contributed by atoms with Crippen LogP contribution in [0.3, 0.4) is 0 Å². The molecule has 1 aliphatic rings. The van der Waals surface area contributed by atoms with Gasteiger partial charge in [-0.1, -0.05) is 22.9 Å². The second-order valence-electron chi connectivity index (χ2n) is 7.47. The fourth-order valence-electron chi connectivity index (χ4n) is 3.49. The maximum Gasteiger partial charge on any atom is 0.321 e. The van der Waals surface area contributed by atoms with Crippen molar-refractivity contribution in [1.29, 1.82) is 0 Å². The van der Waals surface area contributed by atoms with Crippen LogP contribution in [0.5, 0.6) is 5.75 Å². The maximum atomic E-state index is 13.3. The van der Waals surface area contributed by atoms with Crippen molar-refractivity contribution in [3.63, 3.8) is 0 Å². The molecule has 2 aromatic carbocycles. The number of likely N-dealkylation sites (tertiary alicyclic amines) is 1. The van der Waals surface area contributed by atoms with Gasteiger partial charge in [-0.3, -0.25) is 4.79 Å². The first-order chi connectivity index (χ1) is 15.9. The molecule has 4 rings (SSSR count). The van der Waals surface area contributed by atoms with E-state index in [1.807, 2.05) is 0 Å². The number of methoxy groups -OCH3 is 1. The van der Waals surface area contributed by atoms with Crippen molar-refractivity contribution in [3.05, 3.63) is 63.3 Å². The Morgan fingerprint density at radius 1 is 1.15 bits per heavy atom. The van der Waals surface area contributed by atoms with E-state index in [2.05, 4.69) is 20.8 Å². The van der Waals surface area contributed by atoms with Crippen LogP contribution in [0, 0.1) is 5.82 Å². The van der Waals surface area contributed by atoms with Crippen LogP contribution in [0.1, 0.15) is 33.6 Å². The lowest BCUT2D eigenvalue weighted by molar-refractivity contribution is 0.102. The summed E-state index contributed by atoms with van der Waals surface area (Å²) in [6, 6.07) is 10.7. The first-order valence-electron chi connectivity index (χ1n) is 10.2. The van der Waals surface area contributed by atoms with Gasteiger partial charge in [0.2, 0.25) is 5.01 Å². The van der Waals surface area contributed by atoms with E-state index in [9.17, 15) is 14.0 Å². The monoisotopic (exact) mass is 489 g/mol. The van der Waals surface area contributed by atoms with Crippen LogP contribution in [0.15, 0.2) is 42.5 Å². The number of benzene rings is 2. The number of piperidine rings is 1. The van der Waals surface area contributed by atoms with Gasteiger partial charge in [0.25, 0.3) is 5.91 Å². The summed E-state index contributed by atoms with van der Waals surface area (Å²) in [5, 5.41) is 14.7. The molecule has 2 heterocycles. The summed E-state index contributed by atoms with van der Waals surface area (Å²) < 4.78 is 18.5. The molecule has 33 heavy (non-hydrogen) atoms. The predicted molar refractivity (Wildman–Crippen MR) is 125 cm³/mol. The Bertz CT molecular complexity index is 1160. The number of hydrogen-bond donors (Lipinski definition) is 2. The lowest BCUT2D eigenvalue weighted by atomic mass is 9.99. The van der Waals surface area contributed by atoms with Crippen molar-refractivity contribution in [2.45, 2.75) is 18.8 Å². The molecule has 1 atom stereocenters. The Balaban J connectivity index is 1.37. The molecular weight excluding hydrogens is 469 g/mol. The van der Waals surface area contributed by atoms with E-state index in [4.69, 9.17) is 16.3 Å². The van der Waals surface area contributed by atoms with Crippen LogP contribution in [-0.4, -0.2) is 47.2 Å². The third kappa shape index (κ3) is 5.58. The first kappa shape index (κ1) is 22.9. The van der Waals surface area contributed by atoms with Crippen molar-refractivity contribution in [2.75, 3.05) is 30.8 Å². The van der Waals surface area contributed by atoms with Gasteiger partial charge in [-0.2, -0.15) is 0 Å². The number of rotatable bonds is 5. The number of nitrogens with one attached hydrogen (secondary N) is 2. The van der Waals surface area contributed by atoms with Crippen molar-refractivity contribution < 1.29 is 18.7 Å². The molecule has 1 unspecified atom stereocenters. The molecule has 11 heteroatoms. The molecule has 2 N–H and O–H groups in total. The SMILES string of the molecule is COc1ccc(NC(=O)c2nnc(C3CCCN(C(=O)Nc4ccc(F)c(Cl)c4)C3)s2)cc1. The number of halogens is 2. The molecule has 0 saturated carbocycles. The number of hydrogen-bond acceptors (Lipinski definition) is 6. The Labute approximate surface area is 198 Å². The molecule has 8 nitrogen and oxygen atoms in total. The van der Waals surface area contributed by atoms with Gasteiger partial charge in [0, 0.05) is 30.4 Å². The number of urea groups is 1. The Morgan fingerprint density at radius 3 is 2.64 bits per heavy atom. The van der Waals surface area contributed by atoms with Crippen LogP contribution in [0.25, 0.3) is 0 Å². The fourth-order valence-corrected chi connectivity index (χ4v) is 4.53. The summed E-state index contributed by atoms with van der Waals surface area (Å²) in [7, 11) is 1.57. The number of carbonyl (C=O) groups is 2. The number of carbonyl (C=O) groups excluding carboxylic acids is 2. The van der Waals surface area contributed by atoms with Crippen LogP contribution >= 0.6 is 22.9 Å². The van der Waals surface area contributed by atoms with E-state index >= 15 is 0 Å². The molecule has 0 spiro atoms. The van der Waals surface area contributed by atoms with Crippen LogP contribution in [-0.2, 0) is 0 Å². The van der Waals surface area contributed by atoms with Gasteiger partial charge in [-0.05, 0) is 55.3 Å². The smallest absolute Gasteiger partial charge is 0.321 e. The van der Waals surface area contributed by atoms with Crippen LogP contribution in [0.2, 0.25) is 5.02 Å². The largest absolute Gasteiger partial charge is 0.497 e. The first-order valence-corrected chi connectivity index (χ1v) is 11.4. The maximum absolute atomic E-state index is 13.3. The van der Waals surface area contributed by atoms with E-state index < -0.39 is 5.82 Å². The number of nitrogens with zero attached hydrogens (tertiary/aromatic N) is 3. The van der Waals surface area contributed by atoms with Gasteiger partial charge < -0.3 is 20.3 Å². The standard InChI is InChI=1S/C22H21ClFN5O3S/c1-32-16-7-4-14(5-8-16)25-19(30)21-28-27-20(33-21)13-3-2-10-29(12-13)22(31)26-15-6-9-18(24)17(23)11-15/h4-9,11,13H,2-3,10,12H2,1H3,(H,25,30)(H,26,31). The summed E-state index contributed by atoms with van der Waals surface area (Å²) in [5.74, 6) is -0.223. The van der Waals surface area contributed by atoms with E-state index in [1.54, 1.807) is 36.3 Å². The summed E-state index contributed by atoms with van der Waals surface area (Å²) in [6.07, 6.45) is 1.62. The van der Waals surface area contributed by atoms with Crippen LogP contribution < -0.4 is 15.4 Å². The van der Waals surface area contributed by atoms with Gasteiger partial charge in [0.1, 0.15) is 16.6 Å². The number of aromatic nitrogens is 2. The van der Waals surface area contributed by atoms with Crippen LogP contribution in [0.4, 0.5) is 20.6 Å². The third-order valence-electron chi connectivity index (χ3n) is 5.21. The Hall–Kier alpha value is -3.24. The molecule has 1 aliphatic heterocycles. The summed E-state index contributed by atoms with van der Waals surface area (Å²) in [4.78, 5) is 26.9. The highest BCUT2D eigenvalue weighted by molar-refractivity contribution is 7.13. The van der Waals surface area contributed by atoms with Crippen molar-refractivity contribution in [3.8, 4) is 5.75 Å². The van der Waals surface area contributed by atoms with Gasteiger partial charge >= 0.3 is 6.03 Å². The molecular formula is C22H21ClFN5O3S. The molecule has 0 aliphatic carbocycles. The van der Waals surface area contributed by atoms with Crippen molar-refractivity contribution >= 4 is 46.3 Å². The van der Waals surface area contributed by atoms with E-state index in [1.165, 1.54) is 29.5 Å². The van der Waals surface area contributed by atoms with Gasteiger partial charge in [0.15, 0.2) is 0 Å². The highest BCUT2D eigenvalue weighted by Gasteiger charge is 2.28. The van der Waals surface area contributed by atoms with Crippen molar-refractivity contribution in [1.82, 2.24) is 15.1 Å². The highest BCUT2D eigenvalue weighted by atomic mass is 35.5. The molecule has 0 bridgehead atoms. The summed E-state index contributed by atoms with van der Waals surface area (Å²) in [6.45, 7) is 1.02. The molecule has 1 saturated heterocycles. The minimum absolute atomic E-state index is 0.0265. The number of anilines is 2. The second-order valence-corrected chi connectivity index (χ2v) is 8.89. The lowest BCUT2D eigenvalue weighted by Gasteiger charge is -2.31. The molecule has 1 aromatic heterocycles. The Kier molecular flexibility index (Phi) is 7.05. The molecule has 3 aromatic rings.